The molecule has 1 atom stereocenters. The minimum atomic E-state index is 0.0892. The van der Waals surface area contributed by atoms with Gasteiger partial charge >= 0.3 is 0 Å². The minimum absolute atomic E-state index is 0.0892. The Morgan fingerprint density at radius 2 is 2.00 bits per heavy atom. The highest BCUT2D eigenvalue weighted by Crippen LogP contribution is 2.44. The molecule has 3 heteroatoms. The van der Waals surface area contributed by atoms with Crippen LogP contribution in [0.5, 0.6) is 0 Å². The van der Waals surface area contributed by atoms with Crippen LogP contribution in [0, 0.1) is 0 Å². The van der Waals surface area contributed by atoms with E-state index in [0.717, 1.165) is 25.0 Å². The van der Waals surface area contributed by atoms with E-state index in [-0.39, 0.29) is 11.7 Å². The van der Waals surface area contributed by atoms with E-state index in [1.54, 1.807) is 6.20 Å². The van der Waals surface area contributed by atoms with Gasteiger partial charge in [-0.05, 0) is 46.7 Å². The molecular weight excluding hydrogens is 311 g/mol. The second-order valence-electron chi connectivity index (χ2n) is 6.48. The molecule has 0 saturated heterocycles. The van der Waals surface area contributed by atoms with Crippen LogP contribution in [-0.4, -0.2) is 12.8 Å². The summed E-state index contributed by atoms with van der Waals surface area (Å²) in [5.41, 5.74) is 3.49. The summed E-state index contributed by atoms with van der Waals surface area (Å²) < 4.78 is 14.0. The van der Waals surface area contributed by atoms with Crippen molar-refractivity contribution >= 4 is 23.1 Å². The van der Waals surface area contributed by atoms with E-state index in [1.807, 2.05) is 18.5 Å². The van der Waals surface area contributed by atoms with Gasteiger partial charge in [-0.25, -0.2) is 4.39 Å². The summed E-state index contributed by atoms with van der Waals surface area (Å²) in [6.45, 7) is 0.872. The number of nitrogens with one attached hydrogen (secondary N) is 1. The average Bonchev–Trinajstić information content (AvgIpc) is 2.69. The average molecular weight is 332 g/mol. The van der Waals surface area contributed by atoms with Crippen molar-refractivity contribution in [1.29, 1.82) is 0 Å². The Balaban J connectivity index is 0.000000223. The predicted molar refractivity (Wildman–Crippen MR) is 103 cm³/mol. The van der Waals surface area contributed by atoms with E-state index in [1.165, 1.54) is 21.9 Å². The van der Waals surface area contributed by atoms with Crippen molar-refractivity contribution in [3.8, 4) is 0 Å². The van der Waals surface area contributed by atoms with Gasteiger partial charge in [0.1, 0.15) is 5.83 Å². The molecule has 0 amide bonds. The lowest BCUT2D eigenvalue weighted by atomic mass is 9.76. The second kappa shape index (κ2) is 7.06. The highest BCUT2D eigenvalue weighted by atomic mass is 19.1. The van der Waals surface area contributed by atoms with Gasteiger partial charge in [-0.15, -0.1) is 0 Å². The van der Waals surface area contributed by atoms with E-state index in [4.69, 9.17) is 0 Å². The van der Waals surface area contributed by atoms with Crippen LogP contribution in [0.15, 0.2) is 71.3 Å². The molecule has 1 aliphatic heterocycles. The molecule has 1 heterocycles. The molecule has 0 fully saturated rings. The van der Waals surface area contributed by atoms with Crippen molar-refractivity contribution in [3.05, 3.63) is 77.4 Å². The first-order valence-corrected chi connectivity index (χ1v) is 8.83. The molecule has 25 heavy (non-hydrogen) atoms. The van der Waals surface area contributed by atoms with Gasteiger partial charge < -0.3 is 5.32 Å². The van der Waals surface area contributed by atoms with Crippen LogP contribution in [-0.2, 0) is 0 Å². The fraction of sp³-hybridized carbons (Fsp3) is 0.227. The molecule has 2 aliphatic carbocycles. The molecular formula is C22H21FN2. The van der Waals surface area contributed by atoms with E-state index in [9.17, 15) is 4.39 Å². The lowest BCUT2D eigenvalue weighted by molar-refractivity contribution is 0.495. The van der Waals surface area contributed by atoms with Crippen molar-refractivity contribution in [2.75, 3.05) is 6.54 Å². The zero-order chi connectivity index (χ0) is 17.1. The maximum absolute atomic E-state index is 14.0. The van der Waals surface area contributed by atoms with Gasteiger partial charge in [0.25, 0.3) is 0 Å². The Hall–Kier alpha value is -2.68. The number of aliphatic imine (C=N–C) groups is 1. The Morgan fingerprint density at radius 1 is 1.08 bits per heavy atom. The Kier molecular flexibility index (Phi) is 4.47. The number of nitrogens with zero attached hydrogens (tertiary/aromatic N) is 1. The standard InChI is InChI=1S/C18H15F.C4H6N2/c19-18-7-3-6-14-16-9-8-12-4-1-2-5-13(12)15(16)10-11-17(14)18;1-2-6-4-3-5-1/h1-2,4-5,8-11,14H,3,6-7H2;1-3,6H,4H2. The van der Waals surface area contributed by atoms with Gasteiger partial charge in [-0.3, -0.25) is 4.99 Å². The number of hydrogen-bond donors (Lipinski definition) is 1. The SMILES string of the molecule is C1=CNCC=N1.FC1=C2C=Cc3c(ccc4ccccc34)C2CCC1. The number of benzene rings is 2. The summed E-state index contributed by atoms with van der Waals surface area (Å²) in [5, 5.41) is 5.49. The monoisotopic (exact) mass is 332 g/mol. The molecule has 3 aliphatic rings. The molecule has 0 bridgehead atoms. The fourth-order valence-corrected chi connectivity index (χ4v) is 3.79. The summed E-state index contributed by atoms with van der Waals surface area (Å²) in [6.07, 6.45) is 12.1. The first-order valence-electron chi connectivity index (χ1n) is 8.83. The zero-order valence-corrected chi connectivity index (χ0v) is 14.1. The summed E-state index contributed by atoms with van der Waals surface area (Å²) in [6, 6.07) is 12.8. The van der Waals surface area contributed by atoms with Crippen LogP contribution < -0.4 is 5.32 Å². The molecule has 0 spiro atoms. The molecule has 5 rings (SSSR count). The molecule has 0 radical (unpaired) electrons. The molecule has 2 nitrogen and oxygen atoms in total. The van der Waals surface area contributed by atoms with Gasteiger partial charge in [0, 0.05) is 31.1 Å². The van der Waals surface area contributed by atoms with Gasteiger partial charge in [0.2, 0.25) is 0 Å². The van der Waals surface area contributed by atoms with E-state index in [0.29, 0.717) is 6.42 Å². The number of hydrogen-bond acceptors (Lipinski definition) is 2. The number of halogens is 1. The van der Waals surface area contributed by atoms with Crippen LogP contribution in [0.1, 0.15) is 36.3 Å². The Bertz CT molecular complexity index is 893. The first kappa shape index (κ1) is 15.8. The smallest absolute Gasteiger partial charge is 0.104 e. The summed E-state index contributed by atoms with van der Waals surface area (Å²) in [5.74, 6) is 0.352. The third kappa shape index (κ3) is 3.14. The van der Waals surface area contributed by atoms with Crippen molar-refractivity contribution in [3.63, 3.8) is 0 Å². The van der Waals surface area contributed by atoms with Crippen molar-refractivity contribution < 1.29 is 4.39 Å². The molecule has 1 unspecified atom stereocenters. The highest BCUT2D eigenvalue weighted by Gasteiger charge is 2.27. The minimum Gasteiger partial charge on any atom is -0.385 e. The quantitative estimate of drug-likeness (QED) is 0.678. The van der Waals surface area contributed by atoms with Crippen molar-refractivity contribution in [1.82, 2.24) is 5.32 Å². The van der Waals surface area contributed by atoms with Crippen LogP contribution in [0.25, 0.3) is 16.8 Å². The van der Waals surface area contributed by atoms with Gasteiger partial charge in [-0.1, -0.05) is 48.6 Å². The maximum Gasteiger partial charge on any atom is 0.104 e. The number of allylic oxidation sites excluding steroid dienone is 3. The third-order valence-corrected chi connectivity index (χ3v) is 4.98. The molecule has 1 N–H and O–H groups in total. The lowest BCUT2D eigenvalue weighted by Crippen LogP contribution is -2.12. The third-order valence-electron chi connectivity index (χ3n) is 4.98. The summed E-state index contributed by atoms with van der Waals surface area (Å²) in [4.78, 5) is 3.81. The molecule has 2 aromatic rings. The normalized spacial score (nSPS) is 20.4. The van der Waals surface area contributed by atoms with Crippen LogP contribution in [0.3, 0.4) is 0 Å². The summed E-state index contributed by atoms with van der Waals surface area (Å²) in [7, 11) is 0. The van der Waals surface area contributed by atoms with E-state index >= 15 is 0 Å². The van der Waals surface area contributed by atoms with Gasteiger partial charge in [-0.2, -0.15) is 0 Å². The molecule has 2 aromatic carbocycles. The topological polar surface area (TPSA) is 24.4 Å². The van der Waals surface area contributed by atoms with E-state index < -0.39 is 0 Å². The van der Waals surface area contributed by atoms with E-state index in [2.05, 4.69) is 52.8 Å². The maximum atomic E-state index is 14.0. The molecule has 0 aromatic heterocycles. The first-order chi connectivity index (χ1) is 12.3. The number of rotatable bonds is 0. The van der Waals surface area contributed by atoms with Crippen LogP contribution in [0.4, 0.5) is 4.39 Å². The molecule has 0 saturated carbocycles. The van der Waals surface area contributed by atoms with Gasteiger partial charge in [0.15, 0.2) is 0 Å². The van der Waals surface area contributed by atoms with Crippen LogP contribution in [0.2, 0.25) is 0 Å². The Labute approximate surface area is 147 Å². The van der Waals surface area contributed by atoms with Crippen molar-refractivity contribution in [2.45, 2.75) is 25.2 Å². The van der Waals surface area contributed by atoms with Crippen LogP contribution >= 0.6 is 0 Å². The molecule has 126 valence electrons. The Morgan fingerprint density at radius 3 is 2.76 bits per heavy atom. The summed E-state index contributed by atoms with van der Waals surface area (Å²) >= 11 is 0. The zero-order valence-electron chi connectivity index (χ0n) is 14.1. The van der Waals surface area contributed by atoms with Crippen molar-refractivity contribution in [2.24, 2.45) is 4.99 Å². The van der Waals surface area contributed by atoms with Gasteiger partial charge in [0.05, 0.1) is 0 Å². The predicted octanol–water partition coefficient (Wildman–Crippen LogP) is 5.49. The fourth-order valence-electron chi connectivity index (χ4n) is 3.79. The second-order valence-corrected chi connectivity index (χ2v) is 6.48. The lowest BCUT2D eigenvalue weighted by Gasteiger charge is -2.29. The highest BCUT2D eigenvalue weighted by molar-refractivity contribution is 5.93. The number of fused-ring (bicyclic) bond motifs is 5. The largest absolute Gasteiger partial charge is 0.385 e.